The van der Waals surface area contributed by atoms with Gasteiger partial charge in [0, 0.05) is 16.7 Å². The Morgan fingerprint density at radius 3 is 1.69 bits per heavy atom. The molecule has 32 heavy (non-hydrogen) atoms. The zero-order valence-electron chi connectivity index (χ0n) is 18.1. The van der Waals surface area contributed by atoms with Crippen molar-refractivity contribution in [2.45, 2.75) is 20.3 Å². The van der Waals surface area contributed by atoms with Crippen molar-refractivity contribution in [2.75, 3.05) is 0 Å². The molecule has 0 saturated heterocycles. The molecule has 160 valence electrons. The number of ether oxygens (including phenoxy) is 2. The molecule has 0 radical (unpaired) electrons. The average Bonchev–Trinajstić information content (AvgIpc) is 2.82. The van der Waals surface area contributed by atoms with Crippen molar-refractivity contribution in [3.05, 3.63) is 113 Å². The van der Waals surface area contributed by atoms with Crippen molar-refractivity contribution in [3.63, 3.8) is 0 Å². The first-order valence-electron chi connectivity index (χ1n) is 10.6. The Morgan fingerprint density at radius 2 is 1.19 bits per heavy atom. The summed E-state index contributed by atoms with van der Waals surface area (Å²) in [5.41, 5.74) is 1.68. The molecule has 4 heteroatoms. The summed E-state index contributed by atoms with van der Waals surface area (Å²) in [5, 5.41) is 0. The van der Waals surface area contributed by atoms with Gasteiger partial charge in [0.25, 0.3) is 0 Å². The highest BCUT2D eigenvalue weighted by molar-refractivity contribution is 6.09. The number of ketones is 2. The van der Waals surface area contributed by atoms with Gasteiger partial charge in [-0.1, -0.05) is 37.3 Å². The van der Waals surface area contributed by atoms with E-state index in [0.29, 0.717) is 34.1 Å². The predicted octanol–water partition coefficient (Wildman–Crippen LogP) is 6.77. The van der Waals surface area contributed by atoms with Gasteiger partial charge in [-0.25, -0.2) is 0 Å². The van der Waals surface area contributed by atoms with E-state index >= 15 is 0 Å². The van der Waals surface area contributed by atoms with Crippen LogP contribution in [0.25, 0.3) is 0 Å². The van der Waals surface area contributed by atoms with Crippen LogP contribution in [0.1, 0.15) is 46.5 Å². The molecule has 0 bridgehead atoms. The largest absolute Gasteiger partial charge is 0.458 e. The van der Waals surface area contributed by atoms with Gasteiger partial charge in [0.2, 0.25) is 0 Å². The number of carbonyl (C=O) groups is 2. The minimum absolute atomic E-state index is 0.0253. The van der Waals surface area contributed by atoms with E-state index < -0.39 is 0 Å². The minimum atomic E-state index is -0.103. The first-order chi connectivity index (χ1) is 15.5. The SMILES string of the molecule is CC(=O)c1ccc(C(=O)c2ccc(Oc3ccc(OC4=CCC(C)C=C4)cc3)cc2)cc1. The summed E-state index contributed by atoms with van der Waals surface area (Å²) in [6.45, 7) is 3.67. The third-order valence-corrected chi connectivity index (χ3v) is 5.25. The maximum atomic E-state index is 12.7. The number of allylic oxidation sites excluding steroid dienone is 3. The van der Waals surface area contributed by atoms with Gasteiger partial charge in [-0.2, -0.15) is 0 Å². The van der Waals surface area contributed by atoms with Crippen molar-refractivity contribution < 1.29 is 19.1 Å². The molecule has 0 aromatic heterocycles. The van der Waals surface area contributed by atoms with Gasteiger partial charge < -0.3 is 9.47 Å². The number of carbonyl (C=O) groups excluding carboxylic acids is 2. The standard InChI is InChI=1S/C28H24O4/c1-19-3-11-24(12-4-19)31-26-15-17-27(18-16-26)32-25-13-9-23(10-14-25)28(30)22-7-5-21(6-8-22)20(2)29/h3,5-19H,4H2,1-2H3. The van der Waals surface area contributed by atoms with Crippen LogP contribution in [0.3, 0.4) is 0 Å². The average molecular weight is 424 g/mol. The highest BCUT2D eigenvalue weighted by atomic mass is 16.5. The monoisotopic (exact) mass is 424 g/mol. The summed E-state index contributed by atoms with van der Waals surface area (Å²) in [6, 6.07) is 21.1. The van der Waals surface area contributed by atoms with Crippen LogP contribution in [0.5, 0.6) is 17.2 Å². The van der Waals surface area contributed by atoms with E-state index in [4.69, 9.17) is 9.47 Å². The molecule has 1 aliphatic rings. The third kappa shape index (κ3) is 5.22. The van der Waals surface area contributed by atoms with E-state index in [0.717, 1.165) is 17.9 Å². The fraction of sp³-hybridized carbons (Fsp3) is 0.143. The quantitative estimate of drug-likeness (QED) is 0.393. The summed E-state index contributed by atoms with van der Waals surface area (Å²) < 4.78 is 11.8. The molecule has 0 amide bonds. The zero-order valence-corrected chi connectivity index (χ0v) is 18.1. The number of hydrogen-bond acceptors (Lipinski definition) is 4. The maximum absolute atomic E-state index is 12.7. The van der Waals surface area contributed by atoms with E-state index in [1.165, 1.54) is 6.92 Å². The minimum Gasteiger partial charge on any atom is -0.458 e. The second-order valence-corrected chi connectivity index (χ2v) is 7.84. The molecule has 0 N–H and O–H groups in total. The molecule has 3 aromatic carbocycles. The first kappa shape index (κ1) is 21.3. The van der Waals surface area contributed by atoms with Crippen LogP contribution in [-0.2, 0) is 0 Å². The Labute approximate surface area is 187 Å². The molecule has 0 heterocycles. The molecule has 0 aliphatic heterocycles. The van der Waals surface area contributed by atoms with E-state index in [-0.39, 0.29) is 11.6 Å². The highest BCUT2D eigenvalue weighted by Gasteiger charge is 2.11. The van der Waals surface area contributed by atoms with Gasteiger partial charge in [0.15, 0.2) is 11.6 Å². The summed E-state index contributed by atoms with van der Waals surface area (Å²) >= 11 is 0. The molecule has 0 saturated carbocycles. The van der Waals surface area contributed by atoms with Crippen molar-refractivity contribution in [2.24, 2.45) is 5.92 Å². The lowest BCUT2D eigenvalue weighted by molar-refractivity contribution is 0.101. The highest BCUT2D eigenvalue weighted by Crippen LogP contribution is 2.26. The van der Waals surface area contributed by atoms with E-state index in [1.54, 1.807) is 48.5 Å². The van der Waals surface area contributed by atoms with E-state index in [9.17, 15) is 9.59 Å². The second kappa shape index (κ2) is 9.48. The molecule has 4 nitrogen and oxygen atoms in total. The molecule has 1 unspecified atom stereocenters. The normalized spacial score (nSPS) is 15.1. The van der Waals surface area contributed by atoms with E-state index in [1.807, 2.05) is 30.3 Å². The van der Waals surface area contributed by atoms with Gasteiger partial charge in [0.1, 0.15) is 23.0 Å². The Morgan fingerprint density at radius 1 is 0.719 bits per heavy atom. The topological polar surface area (TPSA) is 52.6 Å². The summed E-state index contributed by atoms with van der Waals surface area (Å²) in [5.74, 6) is 3.34. The Hall–Kier alpha value is -3.92. The Balaban J connectivity index is 1.37. The fourth-order valence-electron chi connectivity index (χ4n) is 3.33. The van der Waals surface area contributed by atoms with Crippen LogP contribution in [-0.4, -0.2) is 11.6 Å². The lowest BCUT2D eigenvalue weighted by atomic mass is 10.0. The van der Waals surface area contributed by atoms with Crippen molar-refractivity contribution in [1.82, 2.24) is 0 Å². The summed E-state index contributed by atoms with van der Waals surface area (Å²) in [4.78, 5) is 24.1. The number of benzene rings is 3. The van der Waals surface area contributed by atoms with Crippen molar-refractivity contribution in [3.8, 4) is 17.2 Å². The van der Waals surface area contributed by atoms with Crippen LogP contribution >= 0.6 is 0 Å². The zero-order chi connectivity index (χ0) is 22.5. The smallest absolute Gasteiger partial charge is 0.193 e. The molecule has 4 rings (SSSR count). The Kier molecular flexibility index (Phi) is 6.31. The number of rotatable bonds is 7. The molecule has 1 atom stereocenters. The van der Waals surface area contributed by atoms with Crippen LogP contribution in [0.4, 0.5) is 0 Å². The summed E-state index contributed by atoms with van der Waals surface area (Å²) in [6.07, 6.45) is 7.21. The first-order valence-corrected chi connectivity index (χ1v) is 10.6. The maximum Gasteiger partial charge on any atom is 0.193 e. The summed E-state index contributed by atoms with van der Waals surface area (Å²) in [7, 11) is 0. The van der Waals surface area contributed by atoms with Gasteiger partial charge in [0.05, 0.1) is 0 Å². The predicted molar refractivity (Wildman–Crippen MR) is 124 cm³/mol. The fourth-order valence-corrected chi connectivity index (χ4v) is 3.33. The number of Topliss-reactive ketones (excluding diaryl/α,β-unsaturated/α-hetero) is 1. The molecule has 3 aromatic rings. The lowest BCUT2D eigenvalue weighted by Gasteiger charge is -2.13. The van der Waals surface area contributed by atoms with Crippen LogP contribution in [0.15, 0.2) is 96.8 Å². The lowest BCUT2D eigenvalue weighted by Crippen LogP contribution is -2.02. The van der Waals surface area contributed by atoms with E-state index in [2.05, 4.69) is 19.1 Å². The third-order valence-electron chi connectivity index (χ3n) is 5.25. The van der Waals surface area contributed by atoms with Crippen molar-refractivity contribution >= 4 is 11.6 Å². The molecular formula is C28H24O4. The van der Waals surface area contributed by atoms with Crippen LogP contribution in [0.2, 0.25) is 0 Å². The van der Waals surface area contributed by atoms with Gasteiger partial charge >= 0.3 is 0 Å². The molecular weight excluding hydrogens is 400 g/mol. The number of hydrogen-bond donors (Lipinski definition) is 0. The van der Waals surface area contributed by atoms with Crippen molar-refractivity contribution in [1.29, 1.82) is 0 Å². The molecule has 0 spiro atoms. The molecule has 0 fully saturated rings. The van der Waals surface area contributed by atoms with Gasteiger partial charge in [-0.05, 0) is 79.9 Å². The van der Waals surface area contributed by atoms with Crippen LogP contribution < -0.4 is 9.47 Å². The second-order valence-electron chi connectivity index (χ2n) is 7.84. The molecule has 1 aliphatic carbocycles. The van der Waals surface area contributed by atoms with Gasteiger partial charge in [-0.15, -0.1) is 0 Å². The van der Waals surface area contributed by atoms with Gasteiger partial charge in [-0.3, -0.25) is 9.59 Å². The Bertz CT molecular complexity index is 1170. The van der Waals surface area contributed by atoms with Crippen LogP contribution in [0, 0.1) is 5.92 Å².